The topological polar surface area (TPSA) is 110 Å². The molecule has 0 bridgehead atoms. The number of rotatable bonds is 9. The van der Waals surface area contributed by atoms with E-state index >= 15 is 0 Å². The van der Waals surface area contributed by atoms with Gasteiger partial charge in [-0.1, -0.05) is 30.3 Å². The number of ether oxygens (including phenoxy) is 2. The highest BCUT2D eigenvalue weighted by atomic mass is 16.5. The van der Waals surface area contributed by atoms with Crippen LogP contribution in [0.2, 0.25) is 0 Å². The van der Waals surface area contributed by atoms with Crippen LogP contribution in [0.25, 0.3) is 0 Å². The number of carbonyl (C=O) groups excluding carboxylic acids is 3. The zero-order valence-electron chi connectivity index (χ0n) is 14.6. The first-order chi connectivity index (χ1) is 12.3. The van der Waals surface area contributed by atoms with E-state index in [1.807, 2.05) is 6.07 Å². The second-order valence-electron chi connectivity index (χ2n) is 5.24. The summed E-state index contributed by atoms with van der Waals surface area (Å²) in [6.45, 7) is 3.01. The second-order valence-corrected chi connectivity index (χ2v) is 5.24. The minimum atomic E-state index is -1.31. The van der Waals surface area contributed by atoms with Gasteiger partial charge in [-0.15, -0.1) is 0 Å². The van der Waals surface area contributed by atoms with Gasteiger partial charge in [-0.3, -0.25) is 9.59 Å². The third kappa shape index (κ3) is 7.61. The molecule has 1 N–H and O–H groups in total. The van der Waals surface area contributed by atoms with Crippen molar-refractivity contribution >= 4 is 23.8 Å². The molecule has 0 heterocycles. The van der Waals surface area contributed by atoms with Gasteiger partial charge < -0.3 is 19.5 Å². The number of hydrogen-bond donors (Lipinski definition) is 1. The fourth-order valence-electron chi connectivity index (χ4n) is 2.04. The van der Waals surface area contributed by atoms with Gasteiger partial charge in [0.1, 0.15) is 6.54 Å². The molecule has 8 nitrogen and oxygen atoms in total. The van der Waals surface area contributed by atoms with Gasteiger partial charge in [-0.25, -0.2) is 9.59 Å². The van der Waals surface area contributed by atoms with Crippen molar-refractivity contribution in [2.24, 2.45) is 0 Å². The maximum absolute atomic E-state index is 12.6. The number of amides is 1. The van der Waals surface area contributed by atoms with Gasteiger partial charge in [-0.2, -0.15) is 0 Å². The van der Waals surface area contributed by atoms with Crippen LogP contribution in [-0.4, -0.2) is 53.1 Å². The van der Waals surface area contributed by atoms with Crippen LogP contribution in [-0.2, 0) is 35.2 Å². The third-order valence-corrected chi connectivity index (χ3v) is 3.16. The number of carboxylic acid groups (broad SMARTS) is 1. The van der Waals surface area contributed by atoms with Gasteiger partial charge in [-0.05, 0) is 19.4 Å². The normalized spacial score (nSPS) is 11.6. The molecule has 140 valence electrons. The van der Waals surface area contributed by atoms with Gasteiger partial charge in [0.15, 0.2) is 6.10 Å². The van der Waals surface area contributed by atoms with Crippen molar-refractivity contribution in [1.82, 2.24) is 4.90 Å². The molecule has 1 aromatic rings. The number of aliphatic carboxylic acids is 1. The van der Waals surface area contributed by atoms with Crippen molar-refractivity contribution in [1.29, 1.82) is 0 Å². The standard InChI is InChI=1S/C18H21NO7/c1-3-25-17(23)12-19(11-14-7-5-4-6-8-14)18(24)13(2)26-16(22)10-9-15(20)21/h4-10,13H,3,11-12H2,1-2H3,(H,20,21)/b10-9+. The Hall–Kier alpha value is -3.16. The lowest BCUT2D eigenvalue weighted by Gasteiger charge is -2.24. The number of nitrogens with zero attached hydrogens (tertiary/aromatic N) is 1. The maximum atomic E-state index is 12.6. The summed E-state index contributed by atoms with van der Waals surface area (Å²) in [7, 11) is 0. The summed E-state index contributed by atoms with van der Waals surface area (Å²) in [6.07, 6.45) is 0.123. The third-order valence-electron chi connectivity index (χ3n) is 3.16. The fraction of sp³-hybridized carbons (Fsp3) is 0.333. The molecule has 0 spiro atoms. The van der Waals surface area contributed by atoms with Gasteiger partial charge >= 0.3 is 17.9 Å². The van der Waals surface area contributed by atoms with Crippen LogP contribution >= 0.6 is 0 Å². The van der Waals surface area contributed by atoms with Crippen LogP contribution in [0.3, 0.4) is 0 Å². The first kappa shape index (κ1) is 20.9. The Morgan fingerprint density at radius 2 is 1.81 bits per heavy atom. The molecule has 0 aromatic heterocycles. The summed E-state index contributed by atoms with van der Waals surface area (Å²) in [5, 5.41) is 8.49. The summed E-state index contributed by atoms with van der Waals surface area (Å²) in [5.41, 5.74) is 0.787. The monoisotopic (exact) mass is 363 g/mol. The van der Waals surface area contributed by atoms with Crippen molar-refractivity contribution in [3.8, 4) is 0 Å². The van der Waals surface area contributed by atoms with E-state index in [1.54, 1.807) is 31.2 Å². The molecular weight excluding hydrogens is 342 g/mol. The van der Waals surface area contributed by atoms with Crippen LogP contribution in [0.4, 0.5) is 0 Å². The molecule has 0 aliphatic carbocycles. The molecule has 8 heteroatoms. The highest BCUT2D eigenvalue weighted by molar-refractivity contribution is 5.93. The van der Waals surface area contributed by atoms with Gasteiger partial charge in [0.25, 0.3) is 5.91 Å². The molecule has 0 saturated carbocycles. The van der Waals surface area contributed by atoms with Crippen molar-refractivity contribution in [3.05, 3.63) is 48.0 Å². The van der Waals surface area contributed by atoms with Crippen LogP contribution in [0, 0.1) is 0 Å². The van der Waals surface area contributed by atoms with E-state index in [4.69, 9.17) is 14.6 Å². The Balaban J connectivity index is 2.82. The maximum Gasteiger partial charge on any atom is 0.331 e. The second kappa shape index (κ2) is 10.7. The Labute approximate surface area is 151 Å². The Morgan fingerprint density at radius 3 is 2.38 bits per heavy atom. The zero-order valence-corrected chi connectivity index (χ0v) is 14.6. The molecule has 1 unspecified atom stereocenters. The molecule has 0 saturated heterocycles. The molecule has 0 aliphatic rings. The molecule has 1 aromatic carbocycles. The van der Waals surface area contributed by atoms with Gasteiger partial charge in [0.2, 0.25) is 0 Å². The van der Waals surface area contributed by atoms with Crippen molar-refractivity contribution in [3.63, 3.8) is 0 Å². The number of hydrogen-bond acceptors (Lipinski definition) is 6. The summed E-state index contributed by atoms with van der Waals surface area (Å²) >= 11 is 0. The van der Waals surface area contributed by atoms with Crippen LogP contribution < -0.4 is 0 Å². The number of esters is 2. The van der Waals surface area contributed by atoms with E-state index in [0.717, 1.165) is 5.56 Å². The number of carboxylic acids is 1. The molecule has 1 amide bonds. The summed E-state index contributed by atoms with van der Waals surface area (Å²) in [4.78, 5) is 47.5. The van der Waals surface area contributed by atoms with Gasteiger partial charge in [0, 0.05) is 18.7 Å². The van der Waals surface area contributed by atoms with Gasteiger partial charge in [0.05, 0.1) is 6.61 Å². The zero-order chi connectivity index (χ0) is 19.5. The Kier molecular flexibility index (Phi) is 8.56. The van der Waals surface area contributed by atoms with E-state index in [-0.39, 0.29) is 19.7 Å². The molecule has 1 atom stereocenters. The minimum absolute atomic E-state index is 0.130. The first-order valence-corrected chi connectivity index (χ1v) is 7.93. The molecule has 26 heavy (non-hydrogen) atoms. The molecule has 1 rings (SSSR count). The van der Waals surface area contributed by atoms with Crippen molar-refractivity contribution in [2.45, 2.75) is 26.5 Å². The predicted molar refractivity (Wildman–Crippen MR) is 90.8 cm³/mol. The lowest BCUT2D eigenvalue weighted by molar-refractivity contribution is -0.159. The van der Waals surface area contributed by atoms with Crippen LogP contribution in [0.5, 0.6) is 0 Å². The smallest absolute Gasteiger partial charge is 0.331 e. The van der Waals surface area contributed by atoms with E-state index in [2.05, 4.69) is 0 Å². The number of carbonyl (C=O) groups is 4. The van der Waals surface area contributed by atoms with Crippen LogP contribution in [0.1, 0.15) is 19.4 Å². The predicted octanol–water partition coefficient (Wildman–Crippen LogP) is 1.15. The Morgan fingerprint density at radius 1 is 1.15 bits per heavy atom. The lowest BCUT2D eigenvalue weighted by atomic mass is 10.2. The lowest BCUT2D eigenvalue weighted by Crippen LogP contribution is -2.42. The number of benzene rings is 1. The highest BCUT2D eigenvalue weighted by Gasteiger charge is 2.25. The van der Waals surface area contributed by atoms with Crippen molar-refractivity contribution < 1.29 is 33.8 Å². The summed E-state index contributed by atoms with van der Waals surface area (Å²) in [5.74, 6) is -3.46. The molecular formula is C18H21NO7. The SMILES string of the molecule is CCOC(=O)CN(Cc1ccccc1)C(=O)C(C)OC(=O)/C=C/C(=O)O. The van der Waals surface area contributed by atoms with E-state index < -0.39 is 29.9 Å². The molecule has 0 radical (unpaired) electrons. The van der Waals surface area contributed by atoms with E-state index in [0.29, 0.717) is 12.2 Å². The highest BCUT2D eigenvalue weighted by Crippen LogP contribution is 2.09. The fourth-order valence-corrected chi connectivity index (χ4v) is 2.04. The summed E-state index contributed by atoms with van der Waals surface area (Å²) in [6, 6.07) is 8.99. The molecule has 0 aliphatic heterocycles. The van der Waals surface area contributed by atoms with E-state index in [1.165, 1.54) is 11.8 Å². The quantitative estimate of drug-likeness (QED) is 0.517. The average Bonchev–Trinajstić information content (AvgIpc) is 2.59. The largest absolute Gasteiger partial charge is 0.478 e. The van der Waals surface area contributed by atoms with Crippen LogP contribution in [0.15, 0.2) is 42.5 Å². The first-order valence-electron chi connectivity index (χ1n) is 7.93. The average molecular weight is 363 g/mol. The summed E-state index contributed by atoms with van der Waals surface area (Å²) < 4.78 is 9.76. The minimum Gasteiger partial charge on any atom is -0.478 e. The van der Waals surface area contributed by atoms with E-state index in [9.17, 15) is 19.2 Å². The molecule has 0 fully saturated rings. The van der Waals surface area contributed by atoms with Crippen molar-refractivity contribution in [2.75, 3.05) is 13.2 Å². The Bertz CT molecular complexity index is 669.